The molecule has 0 spiro atoms. The fourth-order valence-electron chi connectivity index (χ4n) is 1.75. The number of nitrogen functional groups attached to an aromatic ring is 1. The van der Waals surface area contributed by atoms with E-state index in [1.54, 1.807) is 24.3 Å². The number of nitrogens with two attached hydrogens (primary N) is 1. The lowest BCUT2D eigenvalue weighted by Gasteiger charge is -2.14. The van der Waals surface area contributed by atoms with Gasteiger partial charge in [-0.25, -0.2) is 0 Å². The molecular weight excluding hydrogens is 276 g/mol. The summed E-state index contributed by atoms with van der Waals surface area (Å²) >= 11 is 5.84. The van der Waals surface area contributed by atoms with Gasteiger partial charge in [0.05, 0.1) is 11.7 Å². The molecule has 2 aromatic rings. The fraction of sp³-hybridized carbons (Fsp3) is 0.143. The van der Waals surface area contributed by atoms with E-state index in [2.05, 4.69) is 15.7 Å². The van der Waals surface area contributed by atoms with Crippen LogP contribution in [0.2, 0.25) is 5.02 Å². The molecule has 2 rings (SSSR count). The maximum absolute atomic E-state index is 12.1. The molecule has 0 saturated heterocycles. The molecule has 5 nitrogen and oxygen atoms in total. The van der Waals surface area contributed by atoms with E-state index >= 15 is 0 Å². The van der Waals surface area contributed by atoms with E-state index in [4.69, 9.17) is 17.4 Å². The van der Waals surface area contributed by atoms with Gasteiger partial charge in [-0.1, -0.05) is 23.7 Å². The van der Waals surface area contributed by atoms with E-state index in [0.29, 0.717) is 16.4 Å². The summed E-state index contributed by atoms with van der Waals surface area (Å²) in [6, 6.07) is 10.4. The van der Waals surface area contributed by atoms with Crippen LogP contribution in [0, 0.1) is 0 Å². The van der Waals surface area contributed by atoms with E-state index < -0.39 is 0 Å². The average molecular weight is 291 g/mol. The van der Waals surface area contributed by atoms with E-state index in [-0.39, 0.29) is 11.9 Å². The molecule has 4 N–H and O–H groups in total. The van der Waals surface area contributed by atoms with Gasteiger partial charge in [0.2, 0.25) is 0 Å². The topological polar surface area (TPSA) is 80.0 Å². The lowest BCUT2D eigenvalue weighted by Crippen LogP contribution is -2.27. The van der Waals surface area contributed by atoms with Crippen LogP contribution in [0.1, 0.15) is 29.0 Å². The first kappa shape index (κ1) is 14.3. The molecule has 0 aliphatic heterocycles. The van der Waals surface area contributed by atoms with Crippen LogP contribution in [-0.2, 0) is 0 Å². The number of amides is 1. The second-order valence-corrected chi connectivity index (χ2v) is 4.76. The molecule has 1 aromatic carbocycles. The average Bonchev–Trinajstić information content (AvgIpc) is 2.47. The first-order chi connectivity index (χ1) is 9.60. The molecule has 104 valence electrons. The number of nitrogens with one attached hydrogen (secondary N) is 2. The van der Waals surface area contributed by atoms with Gasteiger partial charge in [0.25, 0.3) is 5.91 Å². The molecule has 0 saturated carbocycles. The molecule has 1 aromatic heterocycles. The Kier molecular flexibility index (Phi) is 4.55. The SMILES string of the molecule is CC(NC(=O)c1cc(NN)ccn1)c1ccc(Cl)cc1. The summed E-state index contributed by atoms with van der Waals surface area (Å²) in [5.74, 6) is 5.04. The monoisotopic (exact) mass is 290 g/mol. The number of halogens is 1. The summed E-state index contributed by atoms with van der Waals surface area (Å²) in [5, 5.41) is 3.53. The third kappa shape index (κ3) is 3.46. The summed E-state index contributed by atoms with van der Waals surface area (Å²) in [6.45, 7) is 1.90. The van der Waals surface area contributed by atoms with Crippen molar-refractivity contribution in [3.05, 3.63) is 58.9 Å². The quantitative estimate of drug-likeness (QED) is 0.597. The number of hydrogen-bond donors (Lipinski definition) is 3. The molecule has 1 amide bonds. The molecule has 0 fully saturated rings. The second kappa shape index (κ2) is 6.36. The van der Waals surface area contributed by atoms with Crippen molar-refractivity contribution in [2.24, 2.45) is 5.84 Å². The molecule has 1 heterocycles. The van der Waals surface area contributed by atoms with Crippen LogP contribution in [0.5, 0.6) is 0 Å². The van der Waals surface area contributed by atoms with Gasteiger partial charge in [0.15, 0.2) is 0 Å². The smallest absolute Gasteiger partial charge is 0.270 e. The maximum Gasteiger partial charge on any atom is 0.270 e. The van der Waals surface area contributed by atoms with Gasteiger partial charge in [0.1, 0.15) is 5.69 Å². The molecule has 1 unspecified atom stereocenters. The van der Waals surface area contributed by atoms with Gasteiger partial charge >= 0.3 is 0 Å². The third-order valence-corrected chi connectivity index (χ3v) is 3.13. The number of pyridine rings is 1. The highest BCUT2D eigenvalue weighted by Crippen LogP contribution is 2.16. The number of hydrogen-bond acceptors (Lipinski definition) is 4. The Morgan fingerprint density at radius 3 is 2.65 bits per heavy atom. The highest BCUT2D eigenvalue weighted by atomic mass is 35.5. The third-order valence-electron chi connectivity index (χ3n) is 2.88. The Morgan fingerprint density at radius 2 is 2.00 bits per heavy atom. The van der Waals surface area contributed by atoms with Crippen molar-refractivity contribution in [3.8, 4) is 0 Å². The predicted molar refractivity (Wildman–Crippen MR) is 79.4 cm³/mol. The van der Waals surface area contributed by atoms with E-state index in [0.717, 1.165) is 5.56 Å². The Hall–Kier alpha value is -2.11. The molecule has 0 aliphatic rings. The normalized spacial score (nSPS) is 11.8. The summed E-state index contributed by atoms with van der Waals surface area (Å²) in [4.78, 5) is 16.1. The number of carbonyl (C=O) groups is 1. The van der Waals surface area contributed by atoms with Gasteiger partial charge in [-0.3, -0.25) is 15.6 Å². The predicted octanol–water partition coefficient (Wildman–Crippen LogP) is 2.51. The van der Waals surface area contributed by atoms with Gasteiger partial charge in [0, 0.05) is 11.2 Å². The van der Waals surface area contributed by atoms with Crippen LogP contribution in [0.25, 0.3) is 0 Å². The van der Waals surface area contributed by atoms with Crippen LogP contribution in [0.3, 0.4) is 0 Å². The molecule has 0 radical (unpaired) electrons. The van der Waals surface area contributed by atoms with E-state index in [1.807, 2.05) is 19.1 Å². The summed E-state index contributed by atoms with van der Waals surface area (Å²) < 4.78 is 0. The Labute approximate surface area is 122 Å². The van der Waals surface area contributed by atoms with Crippen molar-refractivity contribution in [2.75, 3.05) is 5.43 Å². The summed E-state index contributed by atoms with van der Waals surface area (Å²) in [5.41, 5.74) is 4.38. The molecule has 6 heteroatoms. The van der Waals surface area contributed by atoms with Crippen molar-refractivity contribution >= 4 is 23.2 Å². The molecule has 1 atom stereocenters. The number of aromatic nitrogens is 1. The first-order valence-electron chi connectivity index (χ1n) is 6.09. The number of anilines is 1. The lowest BCUT2D eigenvalue weighted by atomic mass is 10.1. The lowest BCUT2D eigenvalue weighted by molar-refractivity contribution is 0.0935. The number of hydrazine groups is 1. The number of benzene rings is 1. The Bertz CT molecular complexity index is 600. The van der Waals surface area contributed by atoms with Crippen molar-refractivity contribution in [2.45, 2.75) is 13.0 Å². The zero-order valence-corrected chi connectivity index (χ0v) is 11.7. The van der Waals surface area contributed by atoms with Crippen molar-refractivity contribution in [1.29, 1.82) is 0 Å². The zero-order chi connectivity index (χ0) is 14.5. The highest BCUT2D eigenvalue weighted by molar-refractivity contribution is 6.30. The van der Waals surface area contributed by atoms with Gasteiger partial charge in [-0.05, 0) is 36.8 Å². The van der Waals surface area contributed by atoms with Gasteiger partial charge in [-0.2, -0.15) is 0 Å². The summed E-state index contributed by atoms with van der Waals surface area (Å²) in [6.07, 6.45) is 1.52. The molecule has 0 aliphatic carbocycles. The number of carbonyl (C=O) groups excluding carboxylic acids is 1. The number of nitrogens with zero attached hydrogens (tertiary/aromatic N) is 1. The van der Waals surface area contributed by atoms with E-state index in [9.17, 15) is 4.79 Å². The van der Waals surface area contributed by atoms with E-state index in [1.165, 1.54) is 6.20 Å². The minimum atomic E-state index is -0.260. The van der Waals surface area contributed by atoms with Crippen LogP contribution in [0.15, 0.2) is 42.6 Å². The minimum absolute atomic E-state index is 0.143. The van der Waals surface area contributed by atoms with Gasteiger partial charge in [-0.15, -0.1) is 0 Å². The van der Waals surface area contributed by atoms with Crippen LogP contribution >= 0.6 is 11.6 Å². The fourth-order valence-corrected chi connectivity index (χ4v) is 1.88. The maximum atomic E-state index is 12.1. The second-order valence-electron chi connectivity index (χ2n) is 4.32. The van der Waals surface area contributed by atoms with Crippen molar-refractivity contribution in [1.82, 2.24) is 10.3 Å². The van der Waals surface area contributed by atoms with Crippen LogP contribution in [-0.4, -0.2) is 10.9 Å². The van der Waals surface area contributed by atoms with Crippen molar-refractivity contribution in [3.63, 3.8) is 0 Å². The van der Waals surface area contributed by atoms with Gasteiger partial charge < -0.3 is 10.7 Å². The zero-order valence-electron chi connectivity index (χ0n) is 10.9. The first-order valence-corrected chi connectivity index (χ1v) is 6.47. The molecular formula is C14H15ClN4O. The molecule has 0 bridgehead atoms. The van der Waals surface area contributed by atoms with Crippen LogP contribution < -0.4 is 16.6 Å². The Morgan fingerprint density at radius 1 is 1.30 bits per heavy atom. The summed E-state index contributed by atoms with van der Waals surface area (Å²) in [7, 11) is 0. The molecule has 20 heavy (non-hydrogen) atoms. The highest BCUT2D eigenvalue weighted by Gasteiger charge is 2.12. The number of rotatable bonds is 4. The minimum Gasteiger partial charge on any atom is -0.344 e. The standard InChI is InChI=1S/C14H15ClN4O/c1-9(10-2-4-11(15)5-3-10)18-14(20)13-8-12(19-16)6-7-17-13/h2-9H,16H2,1H3,(H,17,19)(H,18,20). The van der Waals surface area contributed by atoms with Crippen molar-refractivity contribution < 1.29 is 4.79 Å². The largest absolute Gasteiger partial charge is 0.344 e. The van der Waals surface area contributed by atoms with Crippen LogP contribution in [0.4, 0.5) is 5.69 Å². The Balaban J connectivity index is 2.08.